The van der Waals surface area contributed by atoms with E-state index in [9.17, 15) is 4.39 Å². The minimum absolute atomic E-state index is 0.132. The lowest BCUT2D eigenvalue weighted by molar-refractivity contribution is 0.439. The molecule has 3 nitrogen and oxygen atoms in total. The van der Waals surface area contributed by atoms with Gasteiger partial charge in [-0.2, -0.15) is 0 Å². The molecule has 0 amide bonds. The molecular weight excluding hydrogens is 207 g/mol. The van der Waals surface area contributed by atoms with E-state index in [4.69, 9.17) is 10.3 Å². The number of furan rings is 1. The van der Waals surface area contributed by atoms with E-state index in [1.165, 1.54) is 12.1 Å². The molecule has 4 heteroatoms. The molecule has 0 fully saturated rings. The predicted molar refractivity (Wildman–Crippen MR) is 61.1 cm³/mol. The maximum Gasteiger partial charge on any atom is 0.134 e. The zero-order chi connectivity index (χ0) is 11.5. The third kappa shape index (κ3) is 1.98. The van der Waals surface area contributed by atoms with Crippen LogP contribution in [0.2, 0.25) is 0 Å². The number of hydrogen-bond acceptors (Lipinski definition) is 3. The minimum atomic E-state index is -0.277. The summed E-state index contributed by atoms with van der Waals surface area (Å²) in [4.78, 5) is 0. The fraction of sp³-hybridized carbons (Fsp3) is 0.167. The summed E-state index contributed by atoms with van der Waals surface area (Å²) in [5.74, 6) is 5.82. The molecule has 0 radical (unpaired) electrons. The Balaban J connectivity index is 2.41. The van der Waals surface area contributed by atoms with Crippen LogP contribution in [0.15, 0.2) is 41.3 Å². The number of rotatable bonds is 4. The predicted octanol–water partition coefficient (Wildman–Crippen LogP) is 2.65. The lowest BCUT2D eigenvalue weighted by atomic mass is 10.1. The Morgan fingerprint density at radius 3 is 3.00 bits per heavy atom. The number of nitrogens with one attached hydrogen (secondary N) is 1. The molecule has 3 N–H and O–H groups in total. The second-order valence-corrected chi connectivity index (χ2v) is 3.57. The highest BCUT2D eigenvalue weighted by molar-refractivity contribution is 5.78. The van der Waals surface area contributed by atoms with Crippen LogP contribution in [0.5, 0.6) is 0 Å². The van der Waals surface area contributed by atoms with Crippen molar-refractivity contribution in [3.05, 3.63) is 48.5 Å². The van der Waals surface area contributed by atoms with Gasteiger partial charge in [0.25, 0.3) is 0 Å². The quantitative estimate of drug-likeness (QED) is 0.473. The highest BCUT2D eigenvalue weighted by atomic mass is 19.1. The minimum Gasteiger partial charge on any atom is -0.459 e. The van der Waals surface area contributed by atoms with Crippen LogP contribution >= 0.6 is 0 Å². The maximum atomic E-state index is 13.0. The van der Waals surface area contributed by atoms with Gasteiger partial charge in [-0.3, -0.25) is 5.84 Å². The molecule has 0 spiro atoms. The van der Waals surface area contributed by atoms with Gasteiger partial charge in [0.1, 0.15) is 17.2 Å². The third-order valence-electron chi connectivity index (χ3n) is 2.44. The summed E-state index contributed by atoms with van der Waals surface area (Å²) in [6.07, 6.45) is 2.40. The molecule has 0 saturated heterocycles. The van der Waals surface area contributed by atoms with Gasteiger partial charge in [0.05, 0.1) is 6.04 Å². The zero-order valence-corrected chi connectivity index (χ0v) is 8.74. The van der Waals surface area contributed by atoms with E-state index in [2.05, 4.69) is 12.0 Å². The van der Waals surface area contributed by atoms with Gasteiger partial charge in [0.15, 0.2) is 0 Å². The van der Waals surface area contributed by atoms with E-state index in [0.29, 0.717) is 17.8 Å². The largest absolute Gasteiger partial charge is 0.459 e. The van der Waals surface area contributed by atoms with Crippen LogP contribution in [-0.4, -0.2) is 0 Å². The number of hydrazine groups is 1. The molecule has 1 unspecified atom stereocenters. The molecule has 0 aliphatic rings. The Hall–Kier alpha value is -1.65. The van der Waals surface area contributed by atoms with Gasteiger partial charge in [0.2, 0.25) is 0 Å². The van der Waals surface area contributed by atoms with E-state index in [-0.39, 0.29) is 11.9 Å². The highest BCUT2D eigenvalue weighted by Gasteiger charge is 2.13. The Morgan fingerprint density at radius 2 is 2.31 bits per heavy atom. The maximum absolute atomic E-state index is 13.0. The third-order valence-corrected chi connectivity index (χ3v) is 2.44. The first-order chi connectivity index (χ1) is 7.74. The van der Waals surface area contributed by atoms with Crippen LogP contribution in [0.25, 0.3) is 11.0 Å². The Bertz CT molecular complexity index is 507. The van der Waals surface area contributed by atoms with Gasteiger partial charge in [-0.1, -0.05) is 6.08 Å². The van der Waals surface area contributed by atoms with Crippen molar-refractivity contribution in [3.63, 3.8) is 0 Å². The number of hydrogen-bond donors (Lipinski definition) is 2. The zero-order valence-electron chi connectivity index (χ0n) is 8.74. The standard InChI is InChI=1S/C12H13FN2O/c1-2-3-10(15-14)12-7-8-6-9(13)4-5-11(8)16-12/h2,4-7,10,15H,1,3,14H2. The average Bonchev–Trinajstić information content (AvgIpc) is 2.68. The molecule has 0 bridgehead atoms. The number of nitrogens with two attached hydrogens (primary N) is 1. The first-order valence-corrected chi connectivity index (χ1v) is 5.00. The van der Waals surface area contributed by atoms with Crippen molar-refractivity contribution in [2.24, 2.45) is 5.84 Å². The number of benzene rings is 1. The summed E-state index contributed by atoms with van der Waals surface area (Å²) >= 11 is 0. The fourth-order valence-electron chi connectivity index (χ4n) is 1.64. The van der Waals surface area contributed by atoms with E-state index < -0.39 is 0 Å². The van der Waals surface area contributed by atoms with Crippen molar-refractivity contribution in [1.29, 1.82) is 0 Å². The Morgan fingerprint density at radius 1 is 1.50 bits per heavy atom. The molecular formula is C12H13FN2O. The van der Waals surface area contributed by atoms with Gasteiger partial charge in [-0.15, -0.1) is 6.58 Å². The highest BCUT2D eigenvalue weighted by Crippen LogP contribution is 2.25. The first kappa shape index (κ1) is 10.9. The van der Waals surface area contributed by atoms with Crippen molar-refractivity contribution in [2.75, 3.05) is 0 Å². The molecule has 16 heavy (non-hydrogen) atoms. The smallest absolute Gasteiger partial charge is 0.134 e. The van der Waals surface area contributed by atoms with E-state index >= 15 is 0 Å². The van der Waals surface area contributed by atoms with Gasteiger partial charge in [-0.05, 0) is 30.7 Å². The van der Waals surface area contributed by atoms with Gasteiger partial charge in [-0.25, -0.2) is 9.82 Å². The van der Waals surface area contributed by atoms with Crippen molar-refractivity contribution >= 4 is 11.0 Å². The van der Waals surface area contributed by atoms with E-state index in [1.54, 1.807) is 18.2 Å². The summed E-state index contributed by atoms with van der Waals surface area (Å²) in [6.45, 7) is 3.64. The van der Waals surface area contributed by atoms with Crippen LogP contribution in [0.4, 0.5) is 4.39 Å². The number of halogens is 1. The van der Waals surface area contributed by atoms with Crippen molar-refractivity contribution in [3.8, 4) is 0 Å². The molecule has 1 heterocycles. The first-order valence-electron chi connectivity index (χ1n) is 5.00. The summed E-state index contributed by atoms with van der Waals surface area (Å²) < 4.78 is 18.6. The van der Waals surface area contributed by atoms with Crippen LogP contribution < -0.4 is 11.3 Å². The fourth-order valence-corrected chi connectivity index (χ4v) is 1.64. The van der Waals surface area contributed by atoms with Gasteiger partial charge >= 0.3 is 0 Å². The summed E-state index contributed by atoms with van der Waals surface area (Å²) in [6, 6.07) is 6.06. The summed E-state index contributed by atoms with van der Waals surface area (Å²) in [5, 5.41) is 0.735. The molecule has 1 aromatic heterocycles. The normalized spacial score (nSPS) is 12.9. The molecule has 1 atom stereocenters. The van der Waals surface area contributed by atoms with Crippen LogP contribution in [0.1, 0.15) is 18.2 Å². The molecule has 2 aromatic rings. The molecule has 0 aliphatic heterocycles. The molecule has 2 rings (SSSR count). The van der Waals surface area contributed by atoms with Crippen LogP contribution in [0, 0.1) is 5.82 Å². The summed E-state index contributed by atoms with van der Waals surface area (Å²) in [5.41, 5.74) is 3.29. The van der Waals surface area contributed by atoms with Gasteiger partial charge < -0.3 is 4.42 Å². The molecule has 84 valence electrons. The van der Waals surface area contributed by atoms with E-state index in [0.717, 1.165) is 5.39 Å². The lowest BCUT2D eigenvalue weighted by Gasteiger charge is -2.09. The Labute approximate surface area is 92.7 Å². The summed E-state index contributed by atoms with van der Waals surface area (Å²) in [7, 11) is 0. The van der Waals surface area contributed by atoms with Crippen molar-refractivity contribution in [1.82, 2.24) is 5.43 Å². The van der Waals surface area contributed by atoms with E-state index in [1.807, 2.05) is 0 Å². The average molecular weight is 220 g/mol. The topological polar surface area (TPSA) is 51.2 Å². The van der Waals surface area contributed by atoms with Crippen molar-refractivity contribution in [2.45, 2.75) is 12.5 Å². The Kier molecular flexibility index (Phi) is 3.03. The molecule has 0 aliphatic carbocycles. The SMILES string of the molecule is C=CCC(NN)c1cc2cc(F)ccc2o1. The second-order valence-electron chi connectivity index (χ2n) is 3.57. The second kappa shape index (κ2) is 4.47. The lowest BCUT2D eigenvalue weighted by Crippen LogP contribution is -2.27. The number of fused-ring (bicyclic) bond motifs is 1. The molecule has 1 aromatic carbocycles. The van der Waals surface area contributed by atoms with Crippen LogP contribution in [0.3, 0.4) is 0 Å². The van der Waals surface area contributed by atoms with Crippen LogP contribution in [-0.2, 0) is 0 Å². The van der Waals surface area contributed by atoms with Gasteiger partial charge in [0, 0.05) is 5.39 Å². The molecule has 0 saturated carbocycles. The van der Waals surface area contributed by atoms with Crippen molar-refractivity contribution < 1.29 is 8.81 Å². The monoisotopic (exact) mass is 220 g/mol.